The Hall–Kier alpha value is -1.62. The maximum Gasteiger partial charge on any atom is 0.222 e. The molecule has 1 aliphatic carbocycles. The molecule has 21 heavy (non-hydrogen) atoms. The SMILES string of the molecule is Cc1cccnc1OC1CC1(C)C(C(N)=O)C1CCCN1. The van der Waals surface area contributed by atoms with Gasteiger partial charge in [-0.3, -0.25) is 4.79 Å². The van der Waals surface area contributed by atoms with Crippen molar-refractivity contribution in [1.82, 2.24) is 10.3 Å². The molecule has 4 atom stereocenters. The number of carbonyl (C=O) groups is 1. The molecule has 2 aliphatic rings. The van der Waals surface area contributed by atoms with E-state index < -0.39 is 0 Å². The van der Waals surface area contributed by atoms with Gasteiger partial charge in [0.05, 0.1) is 5.92 Å². The van der Waals surface area contributed by atoms with E-state index in [2.05, 4.69) is 17.2 Å². The average molecular weight is 289 g/mol. The second kappa shape index (κ2) is 5.30. The Morgan fingerprint density at radius 2 is 2.43 bits per heavy atom. The summed E-state index contributed by atoms with van der Waals surface area (Å²) < 4.78 is 6.02. The summed E-state index contributed by atoms with van der Waals surface area (Å²) in [5, 5.41) is 3.41. The van der Waals surface area contributed by atoms with Crippen LogP contribution in [0, 0.1) is 18.3 Å². The maximum atomic E-state index is 11.9. The summed E-state index contributed by atoms with van der Waals surface area (Å²) in [6, 6.07) is 4.06. The van der Waals surface area contributed by atoms with E-state index in [-0.39, 0.29) is 29.4 Å². The molecule has 2 fully saturated rings. The minimum Gasteiger partial charge on any atom is -0.474 e. The van der Waals surface area contributed by atoms with Gasteiger partial charge < -0.3 is 15.8 Å². The number of ether oxygens (including phenoxy) is 1. The van der Waals surface area contributed by atoms with Gasteiger partial charge in [0, 0.05) is 23.2 Å². The van der Waals surface area contributed by atoms with Crippen molar-refractivity contribution in [2.24, 2.45) is 17.1 Å². The van der Waals surface area contributed by atoms with Crippen LogP contribution in [0.4, 0.5) is 0 Å². The predicted octanol–water partition coefficient (Wildman–Crippen LogP) is 1.40. The normalized spacial score (nSPS) is 32.7. The molecule has 0 radical (unpaired) electrons. The average Bonchev–Trinajstić information content (AvgIpc) is 2.86. The molecule has 5 heteroatoms. The summed E-state index contributed by atoms with van der Waals surface area (Å²) in [5.41, 5.74) is 6.51. The lowest BCUT2D eigenvalue weighted by Crippen LogP contribution is -2.45. The number of aryl methyl sites for hydroxylation is 1. The summed E-state index contributed by atoms with van der Waals surface area (Å²) in [6.07, 6.45) is 4.72. The first-order valence-corrected chi connectivity index (χ1v) is 7.63. The van der Waals surface area contributed by atoms with Gasteiger partial charge in [0.2, 0.25) is 11.8 Å². The molecular formula is C16H23N3O2. The van der Waals surface area contributed by atoms with Gasteiger partial charge in [-0.05, 0) is 38.8 Å². The second-order valence-corrected chi connectivity index (χ2v) is 6.52. The summed E-state index contributed by atoms with van der Waals surface area (Å²) in [6.45, 7) is 5.05. The van der Waals surface area contributed by atoms with Crippen molar-refractivity contribution in [1.29, 1.82) is 0 Å². The molecule has 114 valence electrons. The number of amides is 1. The number of hydrogen-bond acceptors (Lipinski definition) is 4. The molecule has 0 spiro atoms. The molecule has 1 saturated heterocycles. The smallest absolute Gasteiger partial charge is 0.222 e. The van der Waals surface area contributed by atoms with Gasteiger partial charge in [0.1, 0.15) is 6.10 Å². The monoisotopic (exact) mass is 289 g/mol. The van der Waals surface area contributed by atoms with Gasteiger partial charge in [-0.1, -0.05) is 13.0 Å². The predicted molar refractivity (Wildman–Crippen MR) is 79.8 cm³/mol. The first-order chi connectivity index (χ1) is 10.0. The van der Waals surface area contributed by atoms with Crippen LogP contribution in [0.3, 0.4) is 0 Å². The highest BCUT2D eigenvalue weighted by atomic mass is 16.5. The number of nitrogens with one attached hydrogen (secondary N) is 1. The van der Waals surface area contributed by atoms with Crippen LogP contribution in [0.2, 0.25) is 0 Å². The van der Waals surface area contributed by atoms with Crippen molar-refractivity contribution in [2.45, 2.75) is 45.3 Å². The van der Waals surface area contributed by atoms with E-state index in [1.54, 1.807) is 6.20 Å². The van der Waals surface area contributed by atoms with Crippen LogP contribution in [0.1, 0.15) is 31.7 Å². The molecule has 0 bridgehead atoms. The van der Waals surface area contributed by atoms with Crippen LogP contribution in [-0.2, 0) is 4.79 Å². The lowest BCUT2D eigenvalue weighted by molar-refractivity contribution is -0.125. The molecule has 3 N–H and O–H groups in total. The Labute approximate surface area is 125 Å². The molecule has 1 amide bonds. The van der Waals surface area contributed by atoms with Gasteiger partial charge in [-0.2, -0.15) is 0 Å². The molecule has 2 heterocycles. The highest BCUT2D eigenvalue weighted by Crippen LogP contribution is 2.55. The standard InChI is InChI=1S/C16H23N3O2/c1-10-5-3-8-19-15(10)21-12-9-16(12,2)13(14(17)20)11-6-4-7-18-11/h3,5,8,11-13,18H,4,6-7,9H2,1-2H3,(H2,17,20). The molecular weight excluding hydrogens is 266 g/mol. The molecule has 1 saturated carbocycles. The zero-order valence-electron chi connectivity index (χ0n) is 12.6. The number of nitrogens with two attached hydrogens (primary N) is 1. The third-order valence-electron chi connectivity index (χ3n) is 4.93. The first-order valence-electron chi connectivity index (χ1n) is 7.63. The van der Waals surface area contributed by atoms with Gasteiger partial charge in [0.15, 0.2) is 0 Å². The van der Waals surface area contributed by atoms with E-state index in [9.17, 15) is 4.79 Å². The van der Waals surface area contributed by atoms with E-state index in [0.29, 0.717) is 5.88 Å². The Morgan fingerprint density at radius 3 is 3.05 bits per heavy atom. The fourth-order valence-electron chi connectivity index (χ4n) is 3.55. The van der Waals surface area contributed by atoms with Crippen LogP contribution in [-0.4, -0.2) is 29.6 Å². The molecule has 1 aromatic heterocycles. The largest absolute Gasteiger partial charge is 0.474 e. The zero-order chi connectivity index (χ0) is 15.0. The summed E-state index contributed by atoms with van der Waals surface area (Å²) in [5.74, 6) is 0.267. The van der Waals surface area contributed by atoms with E-state index in [1.165, 1.54) is 0 Å². The lowest BCUT2D eigenvalue weighted by Gasteiger charge is -2.27. The second-order valence-electron chi connectivity index (χ2n) is 6.52. The van der Waals surface area contributed by atoms with Gasteiger partial charge in [-0.25, -0.2) is 4.98 Å². The molecule has 1 aliphatic heterocycles. The third kappa shape index (κ3) is 2.62. The van der Waals surface area contributed by atoms with Gasteiger partial charge >= 0.3 is 0 Å². The Kier molecular flexibility index (Phi) is 3.61. The minimum absolute atomic E-state index is 0.0194. The number of carbonyl (C=O) groups excluding carboxylic acids is 1. The van der Waals surface area contributed by atoms with Crippen molar-refractivity contribution in [2.75, 3.05) is 6.54 Å². The van der Waals surface area contributed by atoms with E-state index >= 15 is 0 Å². The van der Waals surface area contributed by atoms with Gasteiger partial charge in [-0.15, -0.1) is 0 Å². The topological polar surface area (TPSA) is 77.2 Å². The molecule has 5 nitrogen and oxygen atoms in total. The third-order valence-corrected chi connectivity index (χ3v) is 4.93. The Morgan fingerprint density at radius 1 is 1.62 bits per heavy atom. The maximum absolute atomic E-state index is 11.9. The Bertz CT molecular complexity index is 542. The number of hydrogen-bond donors (Lipinski definition) is 2. The molecule has 1 aromatic rings. The fraction of sp³-hybridized carbons (Fsp3) is 0.625. The van der Waals surface area contributed by atoms with Crippen LogP contribution in [0.5, 0.6) is 5.88 Å². The van der Waals surface area contributed by atoms with Crippen molar-refractivity contribution < 1.29 is 9.53 Å². The highest BCUT2D eigenvalue weighted by molar-refractivity contribution is 5.79. The number of rotatable bonds is 5. The van der Waals surface area contributed by atoms with Crippen LogP contribution in [0.15, 0.2) is 18.3 Å². The lowest BCUT2D eigenvalue weighted by atomic mass is 9.82. The minimum atomic E-state index is -0.222. The molecule has 0 aromatic carbocycles. The zero-order valence-corrected chi connectivity index (χ0v) is 12.6. The van der Waals surface area contributed by atoms with Crippen molar-refractivity contribution >= 4 is 5.91 Å². The van der Waals surface area contributed by atoms with Crippen molar-refractivity contribution in [3.8, 4) is 5.88 Å². The van der Waals surface area contributed by atoms with Crippen LogP contribution in [0.25, 0.3) is 0 Å². The van der Waals surface area contributed by atoms with Gasteiger partial charge in [0.25, 0.3) is 0 Å². The number of nitrogens with zero attached hydrogens (tertiary/aromatic N) is 1. The Balaban J connectivity index is 1.73. The summed E-state index contributed by atoms with van der Waals surface area (Å²) >= 11 is 0. The number of aromatic nitrogens is 1. The van der Waals surface area contributed by atoms with E-state index in [1.807, 2.05) is 19.1 Å². The van der Waals surface area contributed by atoms with E-state index in [4.69, 9.17) is 10.5 Å². The molecule has 4 unspecified atom stereocenters. The fourth-order valence-corrected chi connectivity index (χ4v) is 3.55. The quantitative estimate of drug-likeness (QED) is 0.859. The van der Waals surface area contributed by atoms with Crippen LogP contribution >= 0.6 is 0 Å². The highest BCUT2D eigenvalue weighted by Gasteiger charge is 2.61. The molecule has 3 rings (SSSR count). The van der Waals surface area contributed by atoms with E-state index in [0.717, 1.165) is 31.4 Å². The van der Waals surface area contributed by atoms with Crippen molar-refractivity contribution in [3.63, 3.8) is 0 Å². The summed E-state index contributed by atoms with van der Waals surface area (Å²) in [4.78, 5) is 16.2. The number of pyridine rings is 1. The van der Waals surface area contributed by atoms with Crippen LogP contribution < -0.4 is 15.8 Å². The van der Waals surface area contributed by atoms with Crippen molar-refractivity contribution in [3.05, 3.63) is 23.9 Å². The summed E-state index contributed by atoms with van der Waals surface area (Å²) in [7, 11) is 0. The number of primary amides is 1. The first kappa shape index (κ1) is 14.3.